The van der Waals surface area contributed by atoms with Gasteiger partial charge in [-0.05, 0) is 48.2 Å². The molecule has 0 amide bonds. The van der Waals surface area contributed by atoms with E-state index in [9.17, 15) is 0 Å². The quantitative estimate of drug-likeness (QED) is 0.275. The first-order chi connectivity index (χ1) is 15.6. The fourth-order valence-electron chi connectivity index (χ4n) is 3.93. The van der Waals surface area contributed by atoms with Crippen molar-refractivity contribution in [2.75, 3.05) is 60.7 Å². The molecule has 1 atom stereocenters. The molecular formula is C25H37IN4O3. The van der Waals surface area contributed by atoms with Crippen molar-refractivity contribution in [3.05, 3.63) is 59.2 Å². The molecule has 0 spiro atoms. The molecule has 8 heteroatoms. The summed E-state index contributed by atoms with van der Waals surface area (Å²) in [5.74, 6) is 2.60. The summed E-state index contributed by atoms with van der Waals surface area (Å²) in [7, 11) is 5.21. The van der Waals surface area contributed by atoms with Gasteiger partial charge in [0.1, 0.15) is 11.5 Å². The number of rotatable bonds is 9. The van der Waals surface area contributed by atoms with E-state index in [1.165, 1.54) is 11.1 Å². The third-order valence-corrected chi connectivity index (χ3v) is 5.85. The van der Waals surface area contributed by atoms with Crippen molar-refractivity contribution in [1.82, 2.24) is 15.5 Å². The van der Waals surface area contributed by atoms with Crippen molar-refractivity contribution in [2.45, 2.75) is 19.4 Å². The average Bonchev–Trinajstić information content (AvgIpc) is 2.85. The molecule has 1 heterocycles. The molecule has 0 aliphatic carbocycles. The Morgan fingerprint density at radius 2 is 1.79 bits per heavy atom. The largest absolute Gasteiger partial charge is 0.497 e. The van der Waals surface area contributed by atoms with Crippen molar-refractivity contribution >= 4 is 29.9 Å². The van der Waals surface area contributed by atoms with Crippen LogP contribution in [0.15, 0.2) is 47.5 Å². The summed E-state index contributed by atoms with van der Waals surface area (Å²) >= 11 is 0. The Labute approximate surface area is 214 Å². The molecule has 3 rings (SSSR count). The molecule has 1 aliphatic rings. The SMILES string of the molecule is CN=C(NCCc1ccc(C)c(OC)c1)NCC(c1ccc(OC)cc1)N1CCOCC1.I. The van der Waals surface area contributed by atoms with Crippen molar-refractivity contribution in [1.29, 1.82) is 0 Å². The van der Waals surface area contributed by atoms with Crippen molar-refractivity contribution in [2.24, 2.45) is 4.99 Å². The number of hydrogen-bond donors (Lipinski definition) is 2. The van der Waals surface area contributed by atoms with Gasteiger partial charge in [-0.15, -0.1) is 24.0 Å². The molecule has 0 bridgehead atoms. The number of ether oxygens (including phenoxy) is 3. The third-order valence-electron chi connectivity index (χ3n) is 5.85. The lowest BCUT2D eigenvalue weighted by atomic mass is 10.0. The number of guanidine groups is 1. The Bertz CT molecular complexity index is 870. The van der Waals surface area contributed by atoms with E-state index in [-0.39, 0.29) is 30.0 Å². The van der Waals surface area contributed by atoms with Crippen LogP contribution in [0.3, 0.4) is 0 Å². The van der Waals surface area contributed by atoms with Crippen LogP contribution < -0.4 is 20.1 Å². The highest BCUT2D eigenvalue weighted by Gasteiger charge is 2.23. The Balaban J connectivity index is 0.00000385. The molecule has 0 saturated carbocycles. The van der Waals surface area contributed by atoms with Crippen LogP contribution in [-0.4, -0.2) is 71.5 Å². The van der Waals surface area contributed by atoms with E-state index >= 15 is 0 Å². The highest BCUT2D eigenvalue weighted by Crippen LogP contribution is 2.24. The van der Waals surface area contributed by atoms with Gasteiger partial charge in [0.05, 0.1) is 33.5 Å². The van der Waals surface area contributed by atoms with Crippen LogP contribution >= 0.6 is 24.0 Å². The van der Waals surface area contributed by atoms with Crippen LogP contribution in [0, 0.1) is 6.92 Å². The third kappa shape index (κ3) is 8.04. The number of aliphatic imine (C=N–C) groups is 1. The van der Waals surface area contributed by atoms with Gasteiger partial charge in [0.25, 0.3) is 0 Å². The molecule has 33 heavy (non-hydrogen) atoms. The first-order valence-corrected chi connectivity index (χ1v) is 11.2. The minimum atomic E-state index is 0. The maximum absolute atomic E-state index is 5.56. The molecule has 2 N–H and O–H groups in total. The zero-order valence-electron chi connectivity index (χ0n) is 20.1. The lowest BCUT2D eigenvalue weighted by Crippen LogP contribution is -2.46. The summed E-state index contributed by atoms with van der Waals surface area (Å²) in [6, 6.07) is 14.9. The Kier molecular flexibility index (Phi) is 11.8. The van der Waals surface area contributed by atoms with Crippen molar-refractivity contribution in [3.8, 4) is 11.5 Å². The molecule has 7 nitrogen and oxygen atoms in total. The van der Waals surface area contributed by atoms with Gasteiger partial charge in [0, 0.05) is 33.2 Å². The topological polar surface area (TPSA) is 67.4 Å². The minimum absolute atomic E-state index is 0. The van der Waals surface area contributed by atoms with Gasteiger partial charge in [-0.2, -0.15) is 0 Å². The molecule has 1 unspecified atom stereocenters. The fraction of sp³-hybridized carbons (Fsp3) is 0.480. The van der Waals surface area contributed by atoms with Gasteiger partial charge < -0.3 is 24.8 Å². The molecule has 2 aromatic rings. The number of morpholine rings is 1. The number of halogens is 1. The maximum Gasteiger partial charge on any atom is 0.191 e. The molecule has 1 fully saturated rings. The standard InChI is InChI=1S/C25H36N4O3.HI/c1-19-5-6-20(17-24(19)31-4)11-12-27-25(26-2)28-18-23(29-13-15-32-16-14-29)21-7-9-22(30-3)10-8-21;/h5-10,17,23H,11-16,18H2,1-4H3,(H2,26,27,28);1H. The smallest absolute Gasteiger partial charge is 0.191 e. The van der Waals surface area contributed by atoms with Gasteiger partial charge in [-0.3, -0.25) is 9.89 Å². The first kappa shape index (κ1) is 27.2. The van der Waals surface area contributed by atoms with Gasteiger partial charge in [0.15, 0.2) is 5.96 Å². The lowest BCUT2D eigenvalue weighted by Gasteiger charge is -2.35. The zero-order chi connectivity index (χ0) is 22.8. The summed E-state index contributed by atoms with van der Waals surface area (Å²) in [6.45, 7) is 6.96. The van der Waals surface area contributed by atoms with E-state index in [2.05, 4.69) is 57.8 Å². The summed E-state index contributed by atoms with van der Waals surface area (Å²) in [5.41, 5.74) is 3.64. The number of nitrogens with zero attached hydrogens (tertiary/aromatic N) is 2. The van der Waals surface area contributed by atoms with E-state index < -0.39 is 0 Å². The molecule has 1 aliphatic heterocycles. The summed E-state index contributed by atoms with van der Waals surface area (Å²) in [4.78, 5) is 6.87. The van der Waals surface area contributed by atoms with Crippen LogP contribution in [0.25, 0.3) is 0 Å². The van der Waals surface area contributed by atoms with E-state index in [0.717, 1.165) is 68.8 Å². The first-order valence-electron chi connectivity index (χ1n) is 11.2. The zero-order valence-corrected chi connectivity index (χ0v) is 22.4. The van der Waals surface area contributed by atoms with Crippen LogP contribution in [0.1, 0.15) is 22.7 Å². The highest BCUT2D eigenvalue weighted by atomic mass is 127. The monoisotopic (exact) mass is 568 g/mol. The van der Waals surface area contributed by atoms with E-state index in [4.69, 9.17) is 14.2 Å². The summed E-state index contributed by atoms with van der Waals surface area (Å²) in [5, 5.41) is 6.95. The van der Waals surface area contributed by atoms with Gasteiger partial charge in [0.2, 0.25) is 0 Å². The summed E-state index contributed by atoms with van der Waals surface area (Å²) in [6.07, 6.45) is 0.892. The minimum Gasteiger partial charge on any atom is -0.497 e. The van der Waals surface area contributed by atoms with Crippen LogP contribution in [0.4, 0.5) is 0 Å². The van der Waals surface area contributed by atoms with Crippen LogP contribution in [-0.2, 0) is 11.2 Å². The van der Waals surface area contributed by atoms with Crippen molar-refractivity contribution in [3.63, 3.8) is 0 Å². The number of benzene rings is 2. The maximum atomic E-state index is 5.56. The van der Waals surface area contributed by atoms with E-state index in [1.54, 1.807) is 21.3 Å². The fourth-order valence-corrected chi connectivity index (χ4v) is 3.93. The Hall–Kier alpha value is -2.04. The Morgan fingerprint density at radius 1 is 1.06 bits per heavy atom. The predicted molar refractivity (Wildman–Crippen MR) is 144 cm³/mol. The number of methoxy groups -OCH3 is 2. The predicted octanol–water partition coefficient (Wildman–Crippen LogP) is 3.41. The molecular weight excluding hydrogens is 531 g/mol. The average molecular weight is 569 g/mol. The lowest BCUT2D eigenvalue weighted by molar-refractivity contribution is 0.0170. The van der Waals surface area contributed by atoms with Crippen LogP contribution in [0.2, 0.25) is 0 Å². The second-order valence-corrected chi connectivity index (χ2v) is 7.87. The highest BCUT2D eigenvalue weighted by molar-refractivity contribution is 14.0. The molecule has 2 aromatic carbocycles. The van der Waals surface area contributed by atoms with Gasteiger partial charge in [-0.1, -0.05) is 24.3 Å². The van der Waals surface area contributed by atoms with E-state index in [0.29, 0.717) is 0 Å². The molecule has 0 aromatic heterocycles. The molecule has 0 radical (unpaired) electrons. The van der Waals surface area contributed by atoms with Gasteiger partial charge >= 0.3 is 0 Å². The molecule has 182 valence electrons. The number of nitrogens with one attached hydrogen (secondary N) is 2. The normalized spacial score (nSPS) is 15.3. The second-order valence-electron chi connectivity index (χ2n) is 7.87. The van der Waals surface area contributed by atoms with Crippen LogP contribution in [0.5, 0.6) is 11.5 Å². The van der Waals surface area contributed by atoms with Crippen molar-refractivity contribution < 1.29 is 14.2 Å². The van der Waals surface area contributed by atoms with Gasteiger partial charge in [-0.25, -0.2) is 0 Å². The number of hydrogen-bond acceptors (Lipinski definition) is 5. The molecule has 1 saturated heterocycles. The second kappa shape index (κ2) is 14.3. The Morgan fingerprint density at radius 3 is 2.42 bits per heavy atom. The summed E-state index contributed by atoms with van der Waals surface area (Å²) < 4.78 is 16.3. The van der Waals surface area contributed by atoms with E-state index in [1.807, 2.05) is 12.1 Å². The number of aryl methyl sites for hydroxylation is 1.